The van der Waals surface area contributed by atoms with Gasteiger partial charge in [0.25, 0.3) is 0 Å². The van der Waals surface area contributed by atoms with Crippen molar-refractivity contribution in [2.45, 2.75) is 13.8 Å². The second kappa shape index (κ2) is 7.23. The average molecular weight is 217 g/mol. The fourth-order valence-electron chi connectivity index (χ4n) is 1.31. The predicted molar refractivity (Wildman–Crippen MR) is 55.3 cm³/mol. The number of nitrogens with zero attached hydrogens (tertiary/aromatic N) is 1. The molecular formula is C10H19NO4. The van der Waals surface area contributed by atoms with Gasteiger partial charge in [-0.3, -0.25) is 9.59 Å². The van der Waals surface area contributed by atoms with Crippen molar-refractivity contribution in [1.29, 1.82) is 0 Å². The van der Waals surface area contributed by atoms with Gasteiger partial charge in [0, 0.05) is 27.1 Å². The first kappa shape index (κ1) is 13.9. The molecule has 0 aromatic rings. The van der Waals surface area contributed by atoms with Crippen LogP contribution in [0, 0.1) is 5.92 Å². The second-order valence-electron chi connectivity index (χ2n) is 3.23. The van der Waals surface area contributed by atoms with Crippen LogP contribution in [0.25, 0.3) is 0 Å². The number of carbonyl (C=O) groups is 2. The van der Waals surface area contributed by atoms with E-state index in [0.29, 0.717) is 13.1 Å². The van der Waals surface area contributed by atoms with Crippen LogP contribution in [0.15, 0.2) is 0 Å². The van der Waals surface area contributed by atoms with Gasteiger partial charge in [0.1, 0.15) is 0 Å². The van der Waals surface area contributed by atoms with Crippen molar-refractivity contribution in [3.05, 3.63) is 0 Å². The Bertz CT molecular complexity index is 217. The van der Waals surface area contributed by atoms with Crippen LogP contribution in [-0.4, -0.2) is 50.7 Å². The molecule has 0 aliphatic heterocycles. The second-order valence-corrected chi connectivity index (χ2v) is 3.23. The Morgan fingerprint density at radius 1 is 1.33 bits per heavy atom. The van der Waals surface area contributed by atoms with Gasteiger partial charge in [-0.2, -0.15) is 0 Å². The van der Waals surface area contributed by atoms with Gasteiger partial charge >= 0.3 is 5.97 Å². The molecule has 0 heterocycles. The highest BCUT2D eigenvalue weighted by molar-refractivity contribution is 5.76. The number of methoxy groups -OCH3 is 2. The Labute approximate surface area is 90.3 Å². The summed E-state index contributed by atoms with van der Waals surface area (Å²) in [5, 5.41) is 0. The SMILES string of the molecule is CCN(CC(COC)C(=O)OC)C(C)=O. The van der Waals surface area contributed by atoms with Gasteiger partial charge in [0.2, 0.25) is 5.91 Å². The standard InChI is InChI=1S/C10H19NO4/c1-5-11(8(2)12)6-9(7-14-3)10(13)15-4/h9H,5-7H2,1-4H3. The zero-order valence-corrected chi connectivity index (χ0v) is 9.78. The van der Waals surface area contributed by atoms with E-state index in [4.69, 9.17) is 4.74 Å². The highest BCUT2D eigenvalue weighted by atomic mass is 16.5. The maximum atomic E-state index is 11.3. The molecular weight excluding hydrogens is 198 g/mol. The number of hydrogen-bond donors (Lipinski definition) is 0. The third kappa shape index (κ3) is 4.78. The van der Waals surface area contributed by atoms with Crippen LogP contribution in [0.3, 0.4) is 0 Å². The first-order chi connectivity index (χ1) is 7.06. The molecule has 1 atom stereocenters. The molecule has 0 aliphatic carbocycles. The lowest BCUT2D eigenvalue weighted by Gasteiger charge is -2.23. The van der Waals surface area contributed by atoms with Gasteiger partial charge in [-0.25, -0.2) is 0 Å². The lowest BCUT2D eigenvalue weighted by atomic mass is 10.1. The van der Waals surface area contributed by atoms with Gasteiger partial charge in [0.05, 0.1) is 19.6 Å². The van der Waals surface area contributed by atoms with Gasteiger partial charge in [-0.05, 0) is 6.92 Å². The Morgan fingerprint density at radius 3 is 2.27 bits per heavy atom. The minimum Gasteiger partial charge on any atom is -0.469 e. The monoisotopic (exact) mass is 217 g/mol. The minimum absolute atomic E-state index is 0.0532. The van der Waals surface area contributed by atoms with Crippen LogP contribution in [0.2, 0.25) is 0 Å². The molecule has 5 nitrogen and oxygen atoms in total. The fourth-order valence-corrected chi connectivity index (χ4v) is 1.31. The number of amides is 1. The molecule has 0 N–H and O–H groups in total. The summed E-state index contributed by atoms with van der Waals surface area (Å²) in [6.07, 6.45) is 0. The van der Waals surface area contributed by atoms with E-state index >= 15 is 0 Å². The van der Waals surface area contributed by atoms with Crippen molar-refractivity contribution >= 4 is 11.9 Å². The van der Waals surface area contributed by atoms with E-state index in [-0.39, 0.29) is 18.5 Å². The van der Waals surface area contributed by atoms with Gasteiger partial charge in [-0.1, -0.05) is 0 Å². The molecule has 1 amide bonds. The maximum absolute atomic E-state index is 11.3. The topological polar surface area (TPSA) is 55.8 Å². The van der Waals surface area contributed by atoms with E-state index in [2.05, 4.69) is 4.74 Å². The number of hydrogen-bond acceptors (Lipinski definition) is 4. The third-order valence-corrected chi connectivity index (χ3v) is 2.17. The van der Waals surface area contributed by atoms with Gasteiger partial charge in [-0.15, -0.1) is 0 Å². The van der Waals surface area contributed by atoms with Crippen molar-refractivity contribution in [1.82, 2.24) is 4.90 Å². The zero-order valence-electron chi connectivity index (χ0n) is 9.78. The van der Waals surface area contributed by atoms with E-state index in [9.17, 15) is 9.59 Å². The van der Waals surface area contributed by atoms with Crippen molar-refractivity contribution in [2.24, 2.45) is 5.92 Å². The molecule has 0 aromatic heterocycles. The van der Waals surface area contributed by atoms with Gasteiger partial charge < -0.3 is 14.4 Å². The summed E-state index contributed by atoms with van der Waals surface area (Å²) >= 11 is 0. The van der Waals surface area contributed by atoms with E-state index in [0.717, 1.165) is 0 Å². The summed E-state index contributed by atoms with van der Waals surface area (Å²) in [6, 6.07) is 0. The van der Waals surface area contributed by atoms with Crippen LogP contribution >= 0.6 is 0 Å². The number of carbonyl (C=O) groups excluding carboxylic acids is 2. The Kier molecular flexibility index (Phi) is 6.70. The van der Waals surface area contributed by atoms with Gasteiger partial charge in [0.15, 0.2) is 0 Å². The highest BCUT2D eigenvalue weighted by Crippen LogP contribution is 2.04. The molecule has 0 saturated carbocycles. The summed E-state index contributed by atoms with van der Waals surface area (Å²) in [6.45, 7) is 4.52. The average Bonchev–Trinajstić information content (AvgIpc) is 2.22. The van der Waals surface area contributed by atoms with Crippen molar-refractivity contribution < 1.29 is 19.1 Å². The van der Waals surface area contributed by atoms with Crippen LogP contribution in [-0.2, 0) is 19.1 Å². The molecule has 0 aliphatic rings. The zero-order chi connectivity index (χ0) is 11.8. The first-order valence-corrected chi connectivity index (χ1v) is 4.89. The van der Waals surface area contributed by atoms with Crippen molar-refractivity contribution in [3.8, 4) is 0 Å². The Balaban J connectivity index is 4.37. The van der Waals surface area contributed by atoms with Crippen LogP contribution in [0.5, 0.6) is 0 Å². The molecule has 1 unspecified atom stereocenters. The molecule has 0 fully saturated rings. The van der Waals surface area contributed by atoms with Crippen molar-refractivity contribution in [3.63, 3.8) is 0 Å². The summed E-state index contributed by atoms with van der Waals surface area (Å²) in [5.41, 5.74) is 0. The molecule has 0 saturated heterocycles. The summed E-state index contributed by atoms with van der Waals surface area (Å²) < 4.78 is 9.55. The quantitative estimate of drug-likeness (QED) is 0.600. The van der Waals surface area contributed by atoms with Crippen LogP contribution in [0.1, 0.15) is 13.8 Å². The van der Waals surface area contributed by atoms with E-state index < -0.39 is 5.92 Å². The Hall–Kier alpha value is -1.10. The van der Waals surface area contributed by atoms with E-state index in [1.54, 1.807) is 4.90 Å². The summed E-state index contributed by atoms with van der Waals surface area (Å²) in [4.78, 5) is 24.1. The maximum Gasteiger partial charge on any atom is 0.312 e. The number of rotatable bonds is 6. The molecule has 0 radical (unpaired) electrons. The molecule has 0 rings (SSSR count). The molecule has 0 spiro atoms. The molecule has 5 heteroatoms. The minimum atomic E-state index is -0.413. The molecule has 0 bridgehead atoms. The van der Waals surface area contributed by atoms with E-state index in [1.165, 1.54) is 21.1 Å². The number of ether oxygens (including phenoxy) is 2. The highest BCUT2D eigenvalue weighted by Gasteiger charge is 2.22. The lowest BCUT2D eigenvalue weighted by molar-refractivity contribution is -0.148. The molecule has 88 valence electrons. The van der Waals surface area contributed by atoms with Crippen LogP contribution in [0.4, 0.5) is 0 Å². The van der Waals surface area contributed by atoms with Crippen molar-refractivity contribution in [2.75, 3.05) is 33.9 Å². The Morgan fingerprint density at radius 2 is 1.93 bits per heavy atom. The van der Waals surface area contributed by atoms with Crippen LogP contribution < -0.4 is 0 Å². The summed E-state index contributed by atoms with van der Waals surface area (Å²) in [7, 11) is 2.84. The number of esters is 1. The fraction of sp³-hybridized carbons (Fsp3) is 0.800. The van der Waals surface area contributed by atoms with E-state index in [1.807, 2.05) is 6.92 Å². The first-order valence-electron chi connectivity index (χ1n) is 4.89. The third-order valence-electron chi connectivity index (χ3n) is 2.17. The largest absolute Gasteiger partial charge is 0.469 e. The smallest absolute Gasteiger partial charge is 0.312 e. The lowest BCUT2D eigenvalue weighted by Crippen LogP contribution is -2.38. The molecule has 0 aromatic carbocycles. The predicted octanol–water partition coefficient (Wildman–Crippen LogP) is 0.290. The molecule has 15 heavy (non-hydrogen) atoms. The normalized spacial score (nSPS) is 12.0. The summed E-state index contributed by atoms with van der Waals surface area (Å²) in [5.74, 6) is -0.817.